The fourth-order valence-electron chi connectivity index (χ4n) is 2.47. The van der Waals surface area contributed by atoms with Crippen LogP contribution in [0.1, 0.15) is 15.2 Å². The van der Waals surface area contributed by atoms with Crippen LogP contribution in [0, 0.1) is 0 Å². The lowest BCUT2D eigenvalue weighted by molar-refractivity contribution is -0.126. The Labute approximate surface area is 160 Å². The van der Waals surface area contributed by atoms with Crippen molar-refractivity contribution >= 4 is 35.0 Å². The van der Waals surface area contributed by atoms with Gasteiger partial charge >= 0.3 is 6.09 Å². The van der Waals surface area contributed by atoms with Gasteiger partial charge in [0.05, 0.1) is 11.4 Å². The summed E-state index contributed by atoms with van der Waals surface area (Å²) in [5.74, 6) is -0.977. The molecule has 134 valence electrons. The van der Waals surface area contributed by atoms with Gasteiger partial charge in [-0.1, -0.05) is 41.9 Å². The van der Waals surface area contributed by atoms with E-state index in [-0.39, 0.29) is 5.69 Å². The van der Waals surface area contributed by atoms with E-state index in [4.69, 9.17) is 20.5 Å². The van der Waals surface area contributed by atoms with E-state index in [0.717, 1.165) is 4.90 Å². The largest absolute Gasteiger partial charge is 0.414 e. The monoisotopic (exact) mass is 375 g/mol. The first kappa shape index (κ1) is 14.3. The summed E-state index contributed by atoms with van der Waals surface area (Å²) in [6.45, 7) is -2.83. The minimum absolute atomic E-state index is 0.102. The Balaban J connectivity index is 2.27. The molecule has 7 heteroatoms. The van der Waals surface area contributed by atoms with E-state index in [1.165, 1.54) is 32.3 Å². The molecule has 1 aliphatic heterocycles. The van der Waals surface area contributed by atoms with Gasteiger partial charge in [-0.15, -0.1) is 0 Å². The molecule has 1 unspecified atom stereocenters. The Bertz CT molecular complexity index is 978. The van der Waals surface area contributed by atoms with E-state index in [1.54, 1.807) is 24.3 Å². The highest BCUT2D eigenvalue weighted by molar-refractivity contribution is 6.32. The van der Waals surface area contributed by atoms with E-state index in [0.29, 0.717) is 26.8 Å². The van der Waals surface area contributed by atoms with Crippen molar-refractivity contribution < 1.29 is 18.4 Å². The topological polar surface area (TPSA) is 62.2 Å². The van der Waals surface area contributed by atoms with Gasteiger partial charge in [-0.3, -0.25) is 4.79 Å². The summed E-state index contributed by atoms with van der Waals surface area (Å²) in [6.07, 6.45) is -2.50. The van der Waals surface area contributed by atoms with Crippen LogP contribution in [0.25, 0.3) is 0 Å². The molecular weight excluding hydrogens is 355 g/mol. The first-order chi connectivity index (χ1) is 13.6. The molecule has 0 N–H and O–H groups in total. The fraction of sp³-hybridized carbons (Fsp3) is 0.211. The lowest BCUT2D eigenvalue weighted by Crippen LogP contribution is -2.39. The van der Waals surface area contributed by atoms with Crippen LogP contribution in [0.2, 0.25) is 5.02 Å². The molecule has 2 aromatic carbocycles. The highest BCUT2D eigenvalue weighted by Crippen LogP contribution is 2.30. The lowest BCUT2D eigenvalue weighted by atomic mass is 10.0. The third-order valence-corrected chi connectivity index (χ3v) is 3.99. The third-order valence-electron chi connectivity index (χ3n) is 3.76. The zero-order chi connectivity index (χ0) is 21.3. The van der Waals surface area contributed by atoms with Gasteiger partial charge in [0.2, 0.25) is 0 Å². The fourth-order valence-corrected chi connectivity index (χ4v) is 2.64. The Kier molecular flexibility index (Phi) is 3.95. The number of fused-ring (bicyclic) bond motifs is 1. The molecule has 26 heavy (non-hydrogen) atoms. The number of hydrogen-bond donors (Lipinski definition) is 0. The number of benzodiazepines with no additional fused rings is 1. The van der Waals surface area contributed by atoms with Crippen molar-refractivity contribution in [2.75, 3.05) is 26.0 Å². The normalized spacial score (nSPS) is 18.7. The van der Waals surface area contributed by atoms with Crippen molar-refractivity contribution in [3.05, 3.63) is 64.7 Å². The molecule has 0 bridgehead atoms. The molecular formula is C19H18ClN3O3. The summed E-state index contributed by atoms with van der Waals surface area (Å²) < 4.78 is 28.8. The standard InChI is InChI=1S/C19H18ClN3O3/c1-22(2)19(25)26-17-18(24)23(3)15-10-9-13(20)11-14(15)16(21-17)12-7-5-4-6-8-12/h4-11,17H,1-3H3/i3+1D3. The quantitative estimate of drug-likeness (QED) is 0.757. The molecule has 1 heterocycles. The van der Waals surface area contributed by atoms with Crippen LogP contribution in [0.15, 0.2) is 53.5 Å². The summed E-state index contributed by atoms with van der Waals surface area (Å²) in [5.41, 5.74) is 1.35. The number of rotatable bonds is 2. The van der Waals surface area contributed by atoms with Gasteiger partial charge < -0.3 is 14.5 Å². The molecule has 2 amide bonds. The summed E-state index contributed by atoms with van der Waals surface area (Å²) >= 11 is 6.15. The van der Waals surface area contributed by atoms with Crippen molar-refractivity contribution in [2.45, 2.75) is 6.23 Å². The zero-order valence-corrected chi connectivity index (χ0v) is 14.9. The van der Waals surface area contributed by atoms with E-state index in [2.05, 4.69) is 4.99 Å². The van der Waals surface area contributed by atoms with Crippen LogP contribution in [-0.2, 0) is 9.53 Å². The predicted molar refractivity (Wildman–Crippen MR) is 101 cm³/mol. The van der Waals surface area contributed by atoms with Gasteiger partial charge in [-0.25, -0.2) is 9.79 Å². The van der Waals surface area contributed by atoms with Gasteiger partial charge in [0.1, 0.15) is 0 Å². The Morgan fingerprint density at radius 3 is 2.65 bits per heavy atom. The number of hydrogen-bond acceptors (Lipinski definition) is 4. The SMILES string of the molecule is [2H][13C]([2H])([2H])N1C(=O)C(OC(=O)N(C)C)N=C(c2ccccc2)c2cc(Cl)ccc21. The minimum Gasteiger partial charge on any atom is -0.414 e. The number of halogens is 1. The highest BCUT2D eigenvalue weighted by atomic mass is 35.5. The lowest BCUT2D eigenvalue weighted by Gasteiger charge is -2.21. The number of likely N-dealkylation sites (N-methyl/N-ethyl adjacent to an activating group) is 1. The molecule has 0 fully saturated rings. The van der Waals surface area contributed by atoms with Crippen LogP contribution >= 0.6 is 11.6 Å². The molecule has 1 atom stereocenters. The zero-order valence-electron chi connectivity index (χ0n) is 17.1. The first-order valence-corrected chi connectivity index (χ1v) is 8.12. The molecule has 3 rings (SSSR count). The number of carbonyl (C=O) groups is 2. The molecule has 6 nitrogen and oxygen atoms in total. The Hall–Kier alpha value is -2.86. The third kappa shape index (κ3) is 3.41. The van der Waals surface area contributed by atoms with Gasteiger partial charge in [0.25, 0.3) is 12.1 Å². The number of carbonyl (C=O) groups excluding carboxylic acids is 2. The van der Waals surface area contributed by atoms with Crippen molar-refractivity contribution in [1.29, 1.82) is 0 Å². The van der Waals surface area contributed by atoms with Crippen molar-refractivity contribution in [1.82, 2.24) is 4.90 Å². The second-order valence-corrected chi connectivity index (χ2v) is 6.25. The average molecular weight is 376 g/mol. The Morgan fingerprint density at radius 2 is 2.00 bits per heavy atom. The maximum Gasteiger partial charge on any atom is 0.411 e. The van der Waals surface area contributed by atoms with E-state index >= 15 is 0 Å². The number of nitrogens with zero attached hydrogens (tertiary/aromatic N) is 3. The Morgan fingerprint density at radius 1 is 1.27 bits per heavy atom. The maximum absolute atomic E-state index is 13.1. The van der Waals surface area contributed by atoms with Crippen LogP contribution in [0.5, 0.6) is 0 Å². The summed E-state index contributed by atoms with van der Waals surface area (Å²) in [6, 6.07) is 13.3. The van der Waals surface area contributed by atoms with Gasteiger partial charge in [0.15, 0.2) is 0 Å². The minimum atomic E-state index is -2.83. The number of ether oxygens (including phenoxy) is 1. The van der Waals surface area contributed by atoms with E-state index in [9.17, 15) is 9.59 Å². The number of benzene rings is 2. The van der Waals surface area contributed by atoms with Crippen LogP contribution in [0.4, 0.5) is 10.5 Å². The van der Waals surface area contributed by atoms with Crippen molar-refractivity contribution in [3.63, 3.8) is 0 Å². The first-order valence-electron chi connectivity index (χ1n) is 9.25. The van der Waals surface area contributed by atoms with Gasteiger partial charge in [-0.05, 0) is 18.2 Å². The smallest absolute Gasteiger partial charge is 0.411 e. The average Bonchev–Trinajstić information content (AvgIpc) is 2.77. The van der Waals surface area contributed by atoms with Crippen LogP contribution < -0.4 is 4.90 Å². The summed E-state index contributed by atoms with van der Waals surface area (Å²) in [5, 5.41) is 0.342. The second-order valence-electron chi connectivity index (χ2n) is 5.81. The van der Waals surface area contributed by atoms with Crippen LogP contribution in [-0.4, -0.2) is 49.9 Å². The molecule has 0 radical (unpaired) electrons. The number of aliphatic imine (C=N–C) groups is 1. The van der Waals surface area contributed by atoms with Gasteiger partial charge in [0, 0.05) is 41.3 Å². The molecule has 0 saturated heterocycles. The van der Waals surface area contributed by atoms with E-state index < -0.39 is 25.2 Å². The molecule has 0 aromatic heterocycles. The van der Waals surface area contributed by atoms with E-state index in [1.807, 2.05) is 6.07 Å². The maximum atomic E-state index is 13.1. The molecule has 0 saturated carbocycles. The molecule has 0 aliphatic carbocycles. The summed E-state index contributed by atoms with van der Waals surface area (Å²) in [7, 11) is 2.89. The number of anilines is 1. The summed E-state index contributed by atoms with van der Waals surface area (Å²) in [4.78, 5) is 31.3. The van der Waals surface area contributed by atoms with Gasteiger partial charge in [-0.2, -0.15) is 0 Å². The van der Waals surface area contributed by atoms with Crippen molar-refractivity contribution in [2.24, 2.45) is 4.99 Å². The second kappa shape index (κ2) is 7.17. The van der Waals surface area contributed by atoms with Crippen molar-refractivity contribution in [3.8, 4) is 0 Å². The molecule has 2 aromatic rings. The molecule has 1 aliphatic rings. The predicted octanol–water partition coefficient (Wildman–Crippen LogP) is 3.18. The molecule has 0 spiro atoms. The van der Waals surface area contributed by atoms with Crippen LogP contribution in [0.3, 0.4) is 0 Å². The number of amides is 2. The highest BCUT2D eigenvalue weighted by Gasteiger charge is 2.33.